The number of hydrogen-bond donors (Lipinski definition) is 0. The lowest BCUT2D eigenvalue weighted by molar-refractivity contribution is 1.08. The van der Waals surface area contributed by atoms with Crippen molar-refractivity contribution in [2.45, 2.75) is 0 Å². The lowest BCUT2D eigenvalue weighted by atomic mass is 10.1. The van der Waals surface area contributed by atoms with Crippen LogP contribution in [0, 0.1) is 0 Å². The molecule has 1 heterocycles. The summed E-state index contributed by atoms with van der Waals surface area (Å²) in [5, 5.41) is 0. The molecule has 0 radical (unpaired) electrons. The standard InChI is InChI=1S/C16H13N/c1-2-6-14(7-3-1)15-8-10-16(11-9-15)17-12-4-5-13-17/h1-13H/i1D,2D,3D,4D,5D,6D,7D,8D,9D,10D,12D. The fraction of sp³-hybridized carbons (Fsp3) is 0. The van der Waals surface area contributed by atoms with Gasteiger partial charge in [-0.15, -0.1) is 0 Å². The first kappa shape index (κ1) is 3.61. The molecule has 0 spiro atoms. The number of hydrogen-bond acceptors (Lipinski definition) is 0. The van der Waals surface area contributed by atoms with E-state index in [0.717, 1.165) is 16.8 Å². The summed E-state index contributed by atoms with van der Waals surface area (Å²) in [5.41, 5.74) is -0.716. The lowest BCUT2D eigenvalue weighted by Gasteiger charge is -2.05. The zero-order valence-corrected chi connectivity index (χ0v) is 8.60. The molecule has 0 unspecified atom stereocenters. The Hall–Kier alpha value is -2.28. The molecule has 0 atom stereocenters. The van der Waals surface area contributed by atoms with E-state index < -0.39 is 42.3 Å². The third kappa shape index (κ3) is 2.00. The van der Waals surface area contributed by atoms with Crippen LogP contribution in [0.3, 0.4) is 0 Å². The third-order valence-corrected chi connectivity index (χ3v) is 2.12. The second-order valence-corrected chi connectivity index (χ2v) is 3.18. The van der Waals surface area contributed by atoms with Crippen LogP contribution in [0.15, 0.2) is 78.9 Å². The van der Waals surface area contributed by atoms with Crippen LogP contribution in [-0.2, 0) is 0 Å². The predicted molar refractivity (Wildman–Crippen MR) is 71.2 cm³/mol. The first-order valence-corrected chi connectivity index (χ1v) is 4.82. The van der Waals surface area contributed by atoms with Crippen LogP contribution >= 0.6 is 0 Å². The summed E-state index contributed by atoms with van der Waals surface area (Å²) in [6.07, 6.45) is 0.745. The minimum Gasteiger partial charge on any atom is -0.324 e. The van der Waals surface area contributed by atoms with E-state index >= 15 is 0 Å². The van der Waals surface area contributed by atoms with Crippen molar-refractivity contribution < 1.29 is 15.1 Å². The van der Waals surface area contributed by atoms with Crippen molar-refractivity contribution >= 4 is 0 Å². The molecule has 0 aliphatic heterocycles. The van der Waals surface area contributed by atoms with Gasteiger partial charge in [-0.3, -0.25) is 0 Å². The molecule has 0 fully saturated rings. The molecule has 2 aromatic carbocycles. The van der Waals surface area contributed by atoms with Gasteiger partial charge in [0.15, 0.2) is 0 Å². The molecule has 1 nitrogen and oxygen atoms in total. The van der Waals surface area contributed by atoms with Gasteiger partial charge >= 0.3 is 0 Å². The largest absolute Gasteiger partial charge is 0.324 e. The van der Waals surface area contributed by atoms with Crippen LogP contribution in [0.1, 0.15) is 15.1 Å². The van der Waals surface area contributed by atoms with Gasteiger partial charge in [0.25, 0.3) is 0 Å². The molecular weight excluding hydrogens is 206 g/mol. The lowest BCUT2D eigenvalue weighted by Crippen LogP contribution is -1.88. The average molecular weight is 230 g/mol. The molecule has 82 valence electrons. The van der Waals surface area contributed by atoms with Gasteiger partial charge in [-0.25, -0.2) is 0 Å². The van der Waals surface area contributed by atoms with Gasteiger partial charge in [-0.2, -0.15) is 0 Å². The smallest absolute Gasteiger partial charge is 0.0822 e. The molecule has 0 bridgehead atoms. The van der Waals surface area contributed by atoms with Gasteiger partial charge in [0.05, 0.1) is 15.1 Å². The number of aromatic nitrogens is 1. The van der Waals surface area contributed by atoms with E-state index in [-0.39, 0.29) is 41.1 Å². The zero-order chi connectivity index (χ0) is 21.1. The van der Waals surface area contributed by atoms with Crippen molar-refractivity contribution in [3.8, 4) is 16.8 Å². The van der Waals surface area contributed by atoms with Gasteiger partial charge < -0.3 is 4.57 Å². The highest BCUT2D eigenvalue weighted by molar-refractivity contribution is 5.64. The molecule has 1 aromatic heterocycles. The Labute approximate surface area is 116 Å². The fourth-order valence-electron chi connectivity index (χ4n) is 1.33. The van der Waals surface area contributed by atoms with Crippen molar-refractivity contribution in [3.63, 3.8) is 0 Å². The Morgan fingerprint density at radius 2 is 1.59 bits per heavy atom. The highest BCUT2D eigenvalue weighted by atomic mass is 14.9. The van der Waals surface area contributed by atoms with Gasteiger partial charge in [0.1, 0.15) is 0 Å². The normalized spacial score (nSPS) is 19.4. The Balaban J connectivity index is 2.36. The van der Waals surface area contributed by atoms with E-state index in [2.05, 4.69) is 0 Å². The van der Waals surface area contributed by atoms with Crippen LogP contribution in [-0.4, -0.2) is 4.57 Å². The second-order valence-electron chi connectivity index (χ2n) is 3.18. The summed E-state index contributed by atoms with van der Waals surface area (Å²) in [6, 6.07) is -3.86. The Kier molecular flexibility index (Phi) is 0.912. The number of benzene rings is 2. The topological polar surface area (TPSA) is 4.93 Å². The summed E-state index contributed by atoms with van der Waals surface area (Å²) in [7, 11) is 0. The highest BCUT2D eigenvalue weighted by Crippen LogP contribution is 2.20. The molecule has 0 amide bonds. The SMILES string of the molecule is [2H]c1cn(-c2cc([2H])c(-c3c([2H])c([2H])c([2H])c([2H])c3[2H])c([2H])c2[2H])c([2H])c1[2H]. The van der Waals surface area contributed by atoms with Crippen LogP contribution in [0.4, 0.5) is 0 Å². The average Bonchev–Trinajstić information content (AvgIpc) is 2.91. The second kappa shape index (κ2) is 4.30. The van der Waals surface area contributed by atoms with Crippen molar-refractivity contribution in [3.05, 3.63) is 78.9 Å². The van der Waals surface area contributed by atoms with Crippen molar-refractivity contribution in [2.75, 3.05) is 0 Å². The van der Waals surface area contributed by atoms with Crippen LogP contribution in [0.2, 0.25) is 0 Å². The molecule has 0 aliphatic carbocycles. The number of rotatable bonds is 2. The van der Waals surface area contributed by atoms with Gasteiger partial charge in [0, 0.05) is 18.1 Å². The minimum atomic E-state index is -0.609. The minimum absolute atomic E-state index is 0.0804. The highest BCUT2D eigenvalue weighted by Gasteiger charge is 1.97. The first-order chi connectivity index (χ1) is 13.0. The molecule has 3 rings (SSSR count). The number of nitrogens with zero attached hydrogens (tertiary/aromatic N) is 1. The van der Waals surface area contributed by atoms with E-state index in [1.54, 1.807) is 0 Å². The van der Waals surface area contributed by atoms with Gasteiger partial charge in [-0.05, 0) is 35.3 Å². The van der Waals surface area contributed by atoms with E-state index in [9.17, 15) is 0 Å². The maximum Gasteiger partial charge on any atom is 0.0822 e. The van der Waals surface area contributed by atoms with Gasteiger partial charge in [0.2, 0.25) is 0 Å². The Morgan fingerprint density at radius 1 is 0.765 bits per heavy atom. The quantitative estimate of drug-likeness (QED) is 0.623. The molecule has 0 saturated heterocycles. The maximum absolute atomic E-state index is 8.27. The molecule has 0 saturated carbocycles. The Bertz CT molecular complexity index is 1100. The van der Waals surface area contributed by atoms with Crippen LogP contribution < -0.4 is 0 Å². The van der Waals surface area contributed by atoms with E-state index in [0.29, 0.717) is 0 Å². The molecule has 1 heteroatoms. The van der Waals surface area contributed by atoms with Gasteiger partial charge in [-0.1, -0.05) is 42.3 Å². The summed E-state index contributed by atoms with van der Waals surface area (Å²) in [5.74, 6) is 0. The zero-order valence-electron chi connectivity index (χ0n) is 19.6. The monoisotopic (exact) mass is 230 g/mol. The summed E-state index contributed by atoms with van der Waals surface area (Å²) < 4.78 is 88.2. The van der Waals surface area contributed by atoms with E-state index in [1.807, 2.05) is 0 Å². The molecular formula is C16H13N. The molecule has 0 N–H and O–H groups in total. The maximum atomic E-state index is 8.27. The van der Waals surface area contributed by atoms with Crippen molar-refractivity contribution in [1.82, 2.24) is 4.57 Å². The molecule has 3 aromatic rings. The summed E-state index contributed by atoms with van der Waals surface area (Å²) in [4.78, 5) is 0. The van der Waals surface area contributed by atoms with Crippen molar-refractivity contribution in [1.29, 1.82) is 0 Å². The first-order valence-electron chi connectivity index (χ1n) is 10.3. The predicted octanol–water partition coefficient (Wildman–Crippen LogP) is 4.14. The Morgan fingerprint density at radius 3 is 2.35 bits per heavy atom. The van der Waals surface area contributed by atoms with E-state index in [1.165, 1.54) is 0 Å². The van der Waals surface area contributed by atoms with Crippen molar-refractivity contribution in [2.24, 2.45) is 0 Å². The van der Waals surface area contributed by atoms with Crippen LogP contribution in [0.25, 0.3) is 16.8 Å². The fourth-order valence-corrected chi connectivity index (χ4v) is 1.33. The molecule has 17 heavy (non-hydrogen) atoms. The third-order valence-electron chi connectivity index (χ3n) is 2.12. The van der Waals surface area contributed by atoms with Crippen LogP contribution in [0.5, 0.6) is 0 Å². The summed E-state index contributed by atoms with van der Waals surface area (Å²) in [6.45, 7) is 0. The summed E-state index contributed by atoms with van der Waals surface area (Å²) >= 11 is 0. The molecule has 0 aliphatic rings. The van der Waals surface area contributed by atoms with E-state index in [4.69, 9.17) is 15.1 Å².